The number of nitrogens with zero attached hydrogens (tertiary/aromatic N) is 2. The molecule has 7 heteroatoms. The molecule has 7 nitrogen and oxygen atoms in total. The molecule has 3 aromatic rings. The maximum absolute atomic E-state index is 9.73. The van der Waals surface area contributed by atoms with Crippen molar-refractivity contribution >= 4 is 0 Å². The second-order valence-electron chi connectivity index (χ2n) is 6.71. The standard InChI is InChI=1S/C22H20N4O3/c1-2-11-28-16-9-5-14(6-10-16)20-19-18(13-3-7-15(27)8-4-13)17(12-23)21(24)29-22(19)26-25-20/h3-10,18,27H,2,11,24H2,1H3,(H,25,26)/t18-/m0/s1. The lowest BCUT2D eigenvalue weighted by atomic mass is 9.83. The van der Waals surface area contributed by atoms with Crippen LogP contribution >= 0.6 is 0 Å². The fourth-order valence-corrected chi connectivity index (χ4v) is 3.40. The zero-order chi connectivity index (χ0) is 20.4. The van der Waals surface area contributed by atoms with Crippen LogP contribution in [0.25, 0.3) is 11.3 Å². The number of fused-ring (bicyclic) bond motifs is 1. The number of nitrogens with two attached hydrogens (primary N) is 1. The molecule has 2 aromatic carbocycles. The molecular formula is C22H20N4O3. The number of aromatic nitrogens is 2. The summed E-state index contributed by atoms with van der Waals surface area (Å²) in [5, 5.41) is 26.7. The largest absolute Gasteiger partial charge is 0.508 e. The topological polar surface area (TPSA) is 117 Å². The molecule has 0 saturated carbocycles. The Bertz CT molecular complexity index is 1090. The zero-order valence-corrected chi connectivity index (χ0v) is 15.8. The Labute approximate surface area is 168 Å². The SMILES string of the molecule is CCCOc1ccc(-c2[nH]nc3c2[C@@H](c2ccc(O)cc2)C(C#N)=C(N)O3)cc1. The van der Waals surface area contributed by atoms with Crippen LogP contribution < -0.4 is 15.2 Å². The van der Waals surface area contributed by atoms with Crippen LogP contribution in [-0.4, -0.2) is 21.9 Å². The normalized spacial score (nSPS) is 15.4. The number of H-pyrrole nitrogens is 1. The van der Waals surface area contributed by atoms with Gasteiger partial charge in [-0.1, -0.05) is 19.1 Å². The number of hydrogen-bond donors (Lipinski definition) is 3. The Morgan fingerprint density at radius 1 is 1.21 bits per heavy atom. The van der Waals surface area contributed by atoms with Crippen molar-refractivity contribution in [1.82, 2.24) is 10.2 Å². The highest BCUT2D eigenvalue weighted by Gasteiger charge is 2.35. The van der Waals surface area contributed by atoms with Crippen molar-refractivity contribution in [2.24, 2.45) is 5.73 Å². The predicted molar refractivity (Wildman–Crippen MR) is 107 cm³/mol. The van der Waals surface area contributed by atoms with Gasteiger partial charge in [0.2, 0.25) is 11.8 Å². The minimum absolute atomic E-state index is 0.0273. The molecule has 146 valence electrons. The zero-order valence-electron chi connectivity index (χ0n) is 15.8. The molecule has 29 heavy (non-hydrogen) atoms. The number of hydrogen-bond acceptors (Lipinski definition) is 6. The summed E-state index contributed by atoms with van der Waals surface area (Å²) in [6, 6.07) is 16.5. The Balaban J connectivity index is 1.80. The predicted octanol–water partition coefficient (Wildman–Crippen LogP) is 3.79. The second kappa shape index (κ2) is 7.60. The molecule has 4 N–H and O–H groups in total. The van der Waals surface area contributed by atoms with Crippen LogP contribution in [0.5, 0.6) is 17.4 Å². The van der Waals surface area contributed by atoms with Gasteiger partial charge in [-0.25, -0.2) is 0 Å². The molecule has 1 aliphatic heterocycles. The van der Waals surface area contributed by atoms with Crippen LogP contribution in [-0.2, 0) is 0 Å². The molecular weight excluding hydrogens is 368 g/mol. The molecule has 0 unspecified atom stereocenters. The Morgan fingerprint density at radius 2 is 1.93 bits per heavy atom. The second-order valence-corrected chi connectivity index (χ2v) is 6.71. The van der Waals surface area contributed by atoms with Crippen LogP contribution in [0, 0.1) is 11.3 Å². The fraction of sp³-hybridized carbons (Fsp3) is 0.182. The number of benzene rings is 2. The maximum atomic E-state index is 9.73. The highest BCUT2D eigenvalue weighted by molar-refractivity contribution is 5.71. The van der Waals surface area contributed by atoms with Gasteiger partial charge >= 0.3 is 0 Å². The Hall–Kier alpha value is -3.92. The number of aromatic amines is 1. The first-order valence-corrected chi connectivity index (χ1v) is 9.30. The number of phenols is 1. The van der Waals surface area contributed by atoms with Gasteiger partial charge in [-0.05, 0) is 48.4 Å². The van der Waals surface area contributed by atoms with Crippen LogP contribution in [0.15, 0.2) is 60.0 Å². The van der Waals surface area contributed by atoms with Gasteiger partial charge in [-0.15, -0.1) is 5.10 Å². The van der Waals surface area contributed by atoms with Gasteiger partial charge in [0.05, 0.1) is 23.8 Å². The van der Waals surface area contributed by atoms with Crippen molar-refractivity contribution in [2.75, 3.05) is 6.61 Å². The van der Waals surface area contributed by atoms with E-state index in [0.29, 0.717) is 18.1 Å². The Kier molecular flexibility index (Phi) is 4.83. The van der Waals surface area contributed by atoms with Crippen molar-refractivity contribution in [3.05, 3.63) is 71.1 Å². The van der Waals surface area contributed by atoms with E-state index in [1.165, 1.54) is 0 Å². The minimum Gasteiger partial charge on any atom is -0.508 e. The van der Waals surface area contributed by atoms with Gasteiger partial charge in [-0.3, -0.25) is 5.10 Å². The summed E-state index contributed by atoms with van der Waals surface area (Å²) in [4.78, 5) is 0. The smallest absolute Gasteiger partial charge is 0.244 e. The third-order valence-electron chi connectivity index (χ3n) is 4.78. The lowest BCUT2D eigenvalue weighted by Crippen LogP contribution is -2.20. The Morgan fingerprint density at radius 3 is 2.59 bits per heavy atom. The van der Waals surface area contributed by atoms with E-state index in [-0.39, 0.29) is 11.6 Å². The maximum Gasteiger partial charge on any atom is 0.244 e. The van der Waals surface area contributed by atoms with E-state index in [0.717, 1.165) is 34.6 Å². The van der Waals surface area contributed by atoms with Gasteiger partial charge in [0.15, 0.2) is 0 Å². The van der Waals surface area contributed by atoms with Gasteiger partial charge in [0.25, 0.3) is 0 Å². The summed E-state index contributed by atoms with van der Waals surface area (Å²) >= 11 is 0. The average Bonchev–Trinajstić information content (AvgIpc) is 3.15. The van der Waals surface area contributed by atoms with E-state index < -0.39 is 5.92 Å². The summed E-state index contributed by atoms with van der Waals surface area (Å²) in [7, 11) is 0. The molecule has 0 bridgehead atoms. The van der Waals surface area contributed by atoms with Crippen molar-refractivity contribution in [2.45, 2.75) is 19.3 Å². The molecule has 4 rings (SSSR count). The van der Waals surface area contributed by atoms with Gasteiger partial charge in [0, 0.05) is 5.56 Å². The van der Waals surface area contributed by atoms with Crippen LogP contribution in [0.1, 0.15) is 30.4 Å². The quantitative estimate of drug-likeness (QED) is 0.612. The first kappa shape index (κ1) is 18.4. The summed E-state index contributed by atoms with van der Waals surface area (Å²) in [6.07, 6.45) is 0.937. The van der Waals surface area contributed by atoms with Crippen molar-refractivity contribution < 1.29 is 14.6 Å². The number of ether oxygens (including phenoxy) is 2. The van der Waals surface area contributed by atoms with Crippen molar-refractivity contribution in [3.8, 4) is 34.7 Å². The lowest BCUT2D eigenvalue weighted by Gasteiger charge is -2.24. The summed E-state index contributed by atoms with van der Waals surface area (Å²) < 4.78 is 11.3. The third-order valence-corrected chi connectivity index (χ3v) is 4.78. The molecule has 0 aliphatic carbocycles. The molecule has 1 aliphatic rings. The van der Waals surface area contributed by atoms with Crippen LogP contribution in [0.2, 0.25) is 0 Å². The number of nitrogens with one attached hydrogen (secondary N) is 1. The number of aromatic hydroxyl groups is 1. The molecule has 2 heterocycles. The highest BCUT2D eigenvalue weighted by atomic mass is 16.5. The summed E-state index contributed by atoms with van der Waals surface area (Å²) in [5.74, 6) is 0.832. The lowest BCUT2D eigenvalue weighted by molar-refractivity contribution is 0.317. The van der Waals surface area contributed by atoms with E-state index in [4.69, 9.17) is 15.2 Å². The molecule has 0 fully saturated rings. The van der Waals surface area contributed by atoms with Gasteiger partial charge in [0.1, 0.15) is 23.1 Å². The number of nitriles is 1. The molecule has 1 aromatic heterocycles. The molecule has 0 saturated heterocycles. The third kappa shape index (κ3) is 3.36. The number of rotatable bonds is 5. The van der Waals surface area contributed by atoms with Crippen molar-refractivity contribution in [1.29, 1.82) is 5.26 Å². The van der Waals surface area contributed by atoms with Crippen LogP contribution in [0.4, 0.5) is 0 Å². The van der Waals surface area contributed by atoms with Crippen LogP contribution in [0.3, 0.4) is 0 Å². The summed E-state index contributed by atoms with van der Waals surface area (Å²) in [6.45, 7) is 2.71. The van der Waals surface area contributed by atoms with E-state index in [1.54, 1.807) is 24.3 Å². The number of allylic oxidation sites excluding steroid dienone is 1. The monoisotopic (exact) mass is 388 g/mol. The van der Waals surface area contributed by atoms with E-state index in [2.05, 4.69) is 23.2 Å². The minimum atomic E-state index is -0.464. The fourth-order valence-electron chi connectivity index (χ4n) is 3.40. The summed E-state index contributed by atoms with van der Waals surface area (Å²) in [5.41, 5.74) is 9.44. The first-order chi connectivity index (χ1) is 14.1. The highest BCUT2D eigenvalue weighted by Crippen LogP contribution is 2.45. The van der Waals surface area contributed by atoms with Gasteiger partial charge in [-0.2, -0.15) is 5.26 Å². The van der Waals surface area contributed by atoms with E-state index in [9.17, 15) is 10.4 Å². The number of phenolic OH excluding ortho intramolecular Hbond substituents is 1. The molecule has 0 spiro atoms. The van der Waals surface area contributed by atoms with Crippen molar-refractivity contribution in [3.63, 3.8) is 0 Å². The molecule has 0 amide bonds. The average molecular weight is 388 g/mol. The van der Waals surface area contributed by atoms with Gasteiger partial charge < -0.3 is 20.3 Å². The van der Waals surface area contributed by atoms with E-state index >= 15 is 0 Å². The molecule has 0 radical (unpaired) electrons. The molecule has 1 atom stereocenters. The first-order valence-electron chi connectivity index (χ1n) is 9.30. The van der Waals surface area contributed by atoms with E-state index in [1.807, 2.05) is 24.3 Å².